The minimum atomic E-state index is -0.368. The van der Waals surface area contributed by atoms with Gasteiger partial charge in [0, 0.05) is 18.0 Å². The van der Waals surface area contributed by atoms with Gasteiger partial charge in [-0.2, -0.15) is 0 Å². The largest absolute Gasteiger partial charge is 0.436 e. The average Bonchev–Trinajstić information content (AvgIpc) is 3.22. The van der Waals surface area contributed by atoms with Crippen molar-refractivity contribution in [2.75, 3.05) is 4.90 Å². The van der Waals surface area contributed by atoms with Gasteiger partial charge in [-0.1, -0.05) is 12.1 Å². The summed E-state index contributed by atoms with van der Waals surface area (Å²) in [5.74, 6) is -0.223. The van der Waals surface area contributed by atoms with E-state index in [-0.39, 0.29) is 11.8 Å². The number of pyridine rings is 1. The minimum absolute atomic E-state index is 0.320. The van der Waals surface area contributed by atoms with E-state index in [0.717, 1.165) is 16.0 Å². The molecule has 6 nitrogen and oxygen atoms in total. The summed E-state index contributed by atoms with van der Waals surface area (Å²) < 4.78 is 5.75. The molecule has 4 aromatic rings. The molecular formula is C20H11N3O3. The maximum atomic E-state index is 12.5. The van der Waals surface area contributed by atoms with Gasteiger partial charge < -0.3 is 4.42 Å². The van der Waals surface area contributed by atoms with Crippen molar-refractivity contribution in [2.24, 2.45) is 0 Å². The summed E-state index contributed by atoms with van der Waals surface area (Å²) in [4.78, 5) is 34.6. The highest BCUT2D eigenvalue weighted by Gasteiger charge is 2.36. The van der Waals surface area contributed by atoms with Crippen LogP contribution in [-0.4, -0.2) is 21.8 Å². The van der Waals surface area contributed by atoms with Crippen molar-refractivity contribution in [3.63, 3.8) is 0 Å². The van der Waals surface area contributed by atoms with Gasteiger partial charge in [0.25, 0.3) is 11.8 Å². The topological polar surface area (TPSA) is 76.3 Å². The van der Waals surface area contributed by atoms with E-state index in [9.17, 15) is 9.59 Å². The first-order chi connectivity index (χ1) is 12.7. The fourth-order valence-corrected chi connectivity index (χ4v) is 3.07. The van der Waals surface area contributed by atoms with Crippen molar-refractivity contribution in [1.29, 1.82) is 0 Å². The van der Waals surface area contributed by atoms with Crippen molar-refractivity contribution < 1.29 is 14.0 Å². The summed E-state index contributed by atoms with van der Waals surface area (Å²) in [6, 6.07) is 16.0. The number of oxazole rings is 1. The second kappa shape index (κ2) is 5.35. The Morgan fingerprint density at radius 3 is 2.38 bits per heavy atom. The number of imide groups is 1. The number of nitrogens with zero attached hydrogens (tertiary/aromatic N) is 3. The summed E-state index contributed by atoms with van der Waals surface area (Å²) in [6.07, 6.45) is 2.92. The first kappa shape index (κ1) is 14.5. The van der Waals surface area contributed by atoms with Crippen molar-refractivity contribution in [1.82, 2.24) is 9.97 Å². The Bertz CT molecular complexity index is 1110. The van der Waals surface area contributed by atoms with E-state index in [4.69, 9.17) is 4.42 Å². The highest BCUT2D eigenvalue weighted by atomic mass is 16.3. The first-order valence-electron chi connectivity index (χ1n) is 8.01. The maximum absolute atomic E-state index is 12.5. The van der Waals surface area contributed by atoms with Crippen molar-refractivity contribution in [3.05, 3.63) is 78.1 Å². The molecule has 124 valence electrons. The smallest absolute Gasteiger partial charge is 0.267 e. The Morgan fingerprint density at radius 2 is 1.62 bits per heavy atom. The van der Waals surface area contributed by atoms with Crippen LogP contribution in [0.3, 0.4) is 0 Å². The molecule has 1 aliphatic rings. The standard InChI is InChI=1S/C20H11N3O3/c24-19-14-9-10-21-11-15(14)20(25)23(19)13-7-5-12(6-8-13)18-22-16-3-1-2-4-17(16)26-18/h1-11H. The molecule has 0 N–H and O–H groups in total. The Balaban J connectivity index is 1.51. The van der Waals surface area contributed by atoms with Gasteiger partial charge in [-0.3, -0.25) is 14.6 Å². The van der Waals surface area contributed by atoms with Crippen LogP contribution >= 0.6 is 0 Å². The van der Waals surface area contributed by atoms with Gasteiger partial charge in [0.2, 0.25) is 5.89 Å². The molecule has 0 unspecified atom stereocenters. The molecule has 0 radical (unpaired) electrons. The van der Waals surface area contributed by atoms with E-state index in [0.29, 0.717) is 28.3 Å². The van der Waals surface area contributed by atoms with Crippen LogP contribution in [0.25, 0.3) is 22.6 Å². The van der Waals surface area contributed by atoms with E-state index in [1.54, 1.807) is 30.3 Å². The summed E-state index contributed by atoms with van der Waals surface area (Å²) in [5.41, 5.74) is 3.44. The van der Waals surface area contributed by atoms with Gasteiger partial charge in [-0.05, 0) is 42.5 Å². The fraction of sp³-hybridized carbons (Fsp3) is 0. The predicted octanol–water partition coefficient (Wildman–Crippen LogP) is 3.69. The van der Waals surface area contributed by atoms with Crippen molar-refractivity contribution in [2.45, 2.75) is 0 Å². The number of carbonyl (C=O) groups excluding carboxylic acids is 2. The molecule has 2 aromatic heterocycles. The van der Waals surface area contributed by atoms with E-state index >= 15 is 0 Å². The second-order valence-corrected chi connectivity index (χ2v) is 5.90. The van der Waals surface area contributed by atoms with Crippen LogP contribution in [0, 0.1) is 0 Å². The molecule has 0 spiro atoms. The molecule has 0 saturated heterocycles. The number of amides is 2. The molecule has 26 heavy (non-hydrogen) atoms. The number of anilines is 1. The number of carbonyl (C=O) groups is 2. The molecule has 2 amide bonds. The van der Waals surface area contributed by atoms with Gasteiger partial charge in [0.1, 0.15) is 5.52 Å². The molecular weight excluding hydrogens is 330 g/mol. The molecule has 5 rings (SSSR count). The lowest BCUT2D eigenvalue weighted by molar-refractivity contribution is 0.0926. The monoisotopic (exact) mass is 341 g/mol. The highest BCUT2D eigenvalue weighted by molar-refractivity contribution is 6.34. The summed E-state index contributed by atoms with van der Waals surface area (Å²) in [6.45, 7) is 0. The van der Waals surface area contributed by atoms with E-state index < -0.39 is 0 Å². The Labute approximate surface area is 147 Å². The Hall–Kier alpha value is -3.80. The molecule has 3 heterocycles. The van der Waals surface area contributed by atoms with Crippen molar-refractivity contribution in [3.8, 4) is 11.5 Å². The molecule has 0 saturated carbocycles. The molecule has 0 atom stereocenters. The lowest BCUT2D eigenvalue weighted by Gasteiger charge is -2.13. The zero-order chi connectivity index (χ0) is 17.7. The van der Waals surface area contributed by atoms with Crippen LogP contribution in [0.5, 0.6) is 0 Å². The molecule has 2 aromatic carbocycles. The highest BCUT2D eigenvalue weighted by Crippen LogP contribution is 2.30. The number of hydrogen-bond donors (Lipinski definition) is 0. The predicted molar refractivity (Wildman–Crippen MR) is 94.8 cm³/mol. The van der Waals surface area contributed by atoms with Crippen LogP contribution in [0.1, 0.15) is 20.7 Å². The zero-order valence-electron chi connectivity index (χ0n) is 13.4. The molecule has 0 aliphatic carbocycles. The number of hydrogen-bond acceptors (Lipinski definition) is 5. The van der Waals surface area contributed by atoms with Gasteiger partial charge >= 0.3 is 0 Å². The number of para-hydroxylation sites is 2. The van der Waals surface area contributed by atoms with Crippen LogP contribution < -0.4 is 4.90 Å². The van der Waals surface area contributed by atoms with Crippen LogP contribution in [0.4, 0.5) is 5.69 Å². The van der Waals surface area contributed by atoms with Crippen LogP contribution in [0.2, 0.25) is 0 Å². The van der Waals surface area contributed by atoms with Gasteiger partial charge in [-0.15, -0.1) is 0 Å². The lowest BCUT2D eigenvalue weighted by atomic mass is 10.2. The van der Waals surface area contributed by atoms with Crippen LogP contribution in [-0.2, 0) is 0 Å². The quantitative estimate of drug-likeness (QED) is 0.520. The van der Waals surface area contributed by atoms with Crippen molar-refractivity contribution >= 4 is 28.6 Å². The Morgan fingerprint density at radius 1 is 0.846 bits per heavy atom. The third kappa shape index (κ3) is 2.05. The summed E-state index contributed by atoms with van der Waals surface area (Å²) in [7, 11) is 0. The van der Waals surface area contributed by atoms with E-state index in [2.05, 4.69) is 9.97 Å². The Kier molecular flexibility index (Phi) is 2.99. The molecule has 6 heteroatoms. The normalized spacial score (nSPS) is 13.5. The number of aromatic nitrogens is 2. The molecule has 1 aliphatic heterocycles. The maximum Gasteiger partial charge on any atom is 0.267 e. The number of fused-ring (bicyclic) bond motifs is 2. The fourth-order valence-electron chi connectivity index (χ4n) is 3.07. The van der Waals surface area contributed by atoms with Gasteiger partial charge in [0.05, 0.1) is 16.8 Å². The van der Waals surface area contributed by atoms with Crippen LogP contribution in [0.15, 0.2) is 71.4 Å². The minimum Gasteiger partial charge on any atom is -0.436 e. The summed E-state index contributed by atoms with van der Waals surface area (Å²) >= 11 is 0. The zero-order valence-corrected chi connectivity index (χ0v) is 13.4. The van der Waals surface area contributed by atoms with E-state index in [1.165, 1.54) is 12.4 Å². The third-order valence-electron chi connectivity index (χ3n) is 4.35. The van der Waals surface area contributed by atoms with Gasteiger partial charge in [0.15, 0.2) is 5.58 Å². The number of rotatable bonds is 2. The molecule has 0 fully saturated rings. The number of benzene rings is 2. The SMILES string of the molecule is O=C1c2ccncc2C(=O)N1c1ccc(-c2nc3ccccc3o2)cc1. The first-order valence-corrected chi connectivity index (χ1v) is 8.01. The molecule has 0 bridgehead atoms. The average molecular weight is 341 g/mol. The second-order valence-electron chi connectivity index (χ2n) is 5.90. The van der Waals surface area contributed by atoms with Gasteiger partial charge in [-0.25, -0.2) is 9.88 Å². The third-order valence-corrected chi connectivity index (χ3v) is 4.35. The van der Waals surface area contributed by atoms with E-state index in [1.807, 2.05) is 24.3 Å². The lowest BCUT2D eigenvalue weighted by Crippen LogP contribution is -2.29. The summed E-state index contributed by atoms with van der Waals surface area (Å²) in [5, 5.41) is 0.